The van der Waals surface area contributed by atoms with Crippen molar-refractivity contribution in [2.24, 2.45) is 0 Å². The molecule has 0 aromatic rings. The molecule has 0 aliphatic carbocycles. The van der Waals surface area contributed by atoms with Gasteiger partial charge in [0.25, 0.3) is 0 Å². The number of hydrogen-bond acceptors (Lipinski definition) is 5. The zero-order valence-corrected chi connectivity index (χ0v) is 38.8. The largest absolute Gasteiger partial charge is 0.462 e. The van der Waals surface area contributed by atoms with Crippen molar-refractivity contribution < 1.29 is 24.5 Å². The Morgan fingerprint density at radius 1 is 0.500 bits per heavy atom. The zero-order chi connectivity index (χ0) is 43.8. The lowest BCUT2D eigenvalue weighted by Crippen LogP contribution is -2.46. The van der Waals surface area contributed by atoms with Crippen LogP contribution in [0.5, 0.6) is 0 Å². The van der Waals surface area contributed by atoms with E-state index in [1.165, 1.54) is 44.9 Å². The van der Waals surface area contributed by atoms with Gasteiger partial charge in [0.2, 0.25) is 5.91 Å². The summed E-state index contributed by atoms with van der Waals surface area (Å²) in [6.07, 6.45) is 61.8. The first-order valence-electron chi connectivity index (χ1n) is 24.5. The van der Waals surface area contributed by atoms with Gasteiger partial charge in [0.05, 0.1) is 25.2 Å². The molecule has 0 aliphatic rings. The van der Waals surface area contributed by atoms with Gasteiger partial charge >= 0.3 is 5.97 Å². The van der Waals surface area contributed by atoms with Gasteiger partial charge in [-0.1, -0.05) is 189 Å². The molecule has 6 nitrogen and oxygen atoms in total. The van der Waals surface area contributed by atoms with Gasteiger partial charge in [-0.3, -0.25) is 9.59 Å². The third-order valence-corrected chi connectivity index (χ3v) is 10.4. The highest BCUT2D eigenvalue weighted by molar-refractivity contribution is 5.77. The topological polar surface area (TPSA) is 95.9 Å². The van der Waals surface area contributed by atoms with Crippen molar-refractivity contribution in [3.63, 3.8) is 0 Å². The highest BCUT2D eigenvalue weighted by Gasteiger charge is 2.24. The lowest BCUT2D eigenvalue weighted by atomic mass is 10.0. The Kier molecular flexibility index (Phi) is 44.3. The van der Waals surface area contributed by atoms with E-state index in [-0.39, 0.29) is 24.9 Å². The van der Waals surface area contributed by atoms with Crippen LogP contribution in [0.25, 0.3) is 0 Å². The van der Waals surface area contributed by atoms with Crippen LogP contribution in [0.15, 0.2) is 97.2 Å². The van der Waals surface area contributed by atoms with Crippen molar-refractivity contribution in [1.29, 1.82) is 0 Å². The average molecular weight is 834 g/mol. The molecular formula is C54H91NO5. The average Bonchev–Trinajstić information content (AvgIpc) is 3.24. The molecule has 0 aliphatic heterocycles. The van der Waals surface area contributed by atoms with Gasteiger partial charge in [0.1, 0.15) is 6.10 Å². The lowest BCUT2D eigenvalue weighted by Gasteiger charge is -2.24. The highest BCUT2D eigenvalue weighted by atomic mass is 16.5. The Morgan fingerprint density at radius 3 is 1.37 bits per heavy atom. The molecule has 60 heavy (non-hydrogen) atoms. The van der Waals surface area contributed by atoms with Gasteiger partial charge < -0.3 is 20.3 Å². The van der Waals surface area contributed by atoms with Crippen LogP contribution in [0.2, 0.25) is 0 Å². The fourth-order valence-corrected chi connectivity index (χ4v) is 6.76. The van der Waals surface area contributed by atoms with Crippen LogP contribution in [0, 0.1) is 0 Å². The molecule has 0 saturated carbocycles. The number of amides is 1. The molecule has 1 amide bonds. The van der Waals surface area contributed by atoms with Crippen molar-refractivity contribution in [1.82, 2.24) is 5.32 Å². The minimum absolute atomic E-state index is 0.0321. The summed E-state index contributed by atoms with van der Waals surface area (Å²) < 4.78 is 5.88. The number of esters is 1. The maximum atomic E-state index is 13.1. The van der Waals surface area contributed by atoms with Crippen LogP contribution < -0.4 is 5.32 Å². The van der Waals surface area contributed by atoms with Gasteiger partial charge in [-0.25, -0.2) is 0 Å². The highest BCUT2D eigenvalue weighted by Crippen LogP contribution is 2.16. The molecule has 6 heteroatoms. The van der Waals surface area contributed by atoms with Crippen LogP contribution in [0.4, 0.5) is 0 Å². The lowest BCUT2D eigenvalue weighted by molar-refractivity contribution is -0.151. The van der Waals surface area contributed by atoms with E-state index in [1.807, 2.05) is 0 Å². The number of hydrogen-bond donors (Lipinski definition) is 3. The number of carbonyl (C=O) groups is 2. The van der Waals surface area contributed by atoms with E-state index in [2.05, 4.69) is 123 Å². The molecular weight excluding hydrogens is 743 g/mol. The Bertz CT molecular complexity index is 1210. The van der Waals surface area contributed by atoms with Crippen LogP contribution in [0.1, 0.15) is 207 Å². The first-order valence-corrected chi connectivity index (χ1v) is 24.5. The second kappa shape index (κ2) is 46.8. The van der Waals surface area contributed by atoms with Crippen molar-refractivity contribution in [3.05, 3.63) is 97.2 Å². The second-order valence-electron chi connectivity index (χ2n) is 16.1. The van der Waals surface area contributed by atoms with E-state index in [9.17, 15) is 19.8 Å². The van der Waals surface area contributed by atoms with E-state index in [0.717, 1.165) is 116 Å². The number of rotatable bonds is 42. The van der Waals surface area contributed by atoms with E-state index in [1.54, 1.807) is 0 Å². The number of allylic oxidation sites excluding steroid dienone is 16. The Morgan fingerprint density at radius 2 is 0.900 bits per heavy atom. The maximum Gasteiger partial charge on any atom is 0.306 e. The minimum Gasteiger partial charge on any atom is -0.462 e. The summed E-state index contributed by atoms with van der Waals surface area (Å²) in [5.74, 6) is -0.561. The fraction of sp³-hybridized carbons (Fsp3) is 0.667. The van der Waals surface area contributed by atoms with Gasteiger partial charge in [-0.15, -0.1) is 0 Å². The Labute approximate surface area is 369 Å². The smallest absolute Gasteiger partial charge is 0.306 e. The standard InChI is InChI=1S/C54H91NO5/c1-4-7-10-13-16-19-22-24-25-26-27-28-29-30-32-35-38-41-44-47-54(59)60-50(45-42-39-36-33-31-23-20-17-14-11-8-5-2)48-53(58)55-51(49-56)52(57)46-43-40-37-34-21-18-15-12-9-6-3/h7-8,10-11,16-17,19-20,24-25,27-28,30-33,50-52,56-57H,4-6,9,12-15,18,21-23,26,29,34-49H2,1-3H3,(H,55,58)/b10-7-,11-8+,19-16-,20-17+,25-24-,28-27-,32-30-,33-31+. The van der Waals surface area contributed by atoms with Gasteiger partial charge in [-0.05, 0) is 103 Å². The summed E-state index contributed by atoms with van der Waals surface area (Å²) in [5, 5.41) is 23.6. The molecule has 0 bridgehead atoms. The van der Waals surface area contributed by atoms with Crippen LogP contribution in [-0.2, 0) is 14.3 Å². The molecule has 3 N–H and O–H groups in total. The third kappa shape index (κ3) is 41.5. The van der Waals surface area contributed by atoms with Crippen molar-refractivity contribution in [3.8, 4) is 0 Å². The normalized spacial score (nSPS) is 14.2. The van der Waals surface area contributed by atoms with Crippen molar-refractivity contribution in [2.45, 2.75) is 225 Å². The molecule has 0 heterocycles. The summed E-state index contributed by atoms with van der Waals surface area (Å²) in [6.45, 7) is 6.20. The summed E-state index contributed by atoms with van der Waals surface area (Å²) in [5.41, 5.74) is 0. The number of aliphatic hydroxyl groups is 2. The summed E-state index contributed by atoms with van der Waals surface area (Å²) in [4.78, 5) is 26.1. The molecule has 342 valence electrons. The quantitative estimate of drug-likeness (QED) is 0.0323. The monoisotopic (exact) mass is 834 g/mol. The van der Waals surface area contributed by atoms with Crippen molar-refractivity contribution in [2.75, 3.05) is 6.61 Å². The van der Waals surface area contributed by atoms with E-state index < -0.39 is 18.2 Å². The number of carbonyl (C=O) groups excluding carboxylic acids is 2. The van der Waals surface area contributed by atoms with Crippen molar-refractivity contribution >= 4 is 11.9 Å². The first kappa shape index (κ1) is 56.8. The minimum atomic E-state index is -0.807. The molecule has 0 rings (SSSR count). The third-order valence-electron chi connectivity index (χ3n) is 10.4. The number of unbranched alkanes of at least 4 members (excludes halogenated alkanes) is 14. The predicted octanol–water partition coefficient (Wildman–Crippen LogP) is 14.6. The SMILES string of the molecule is CC/C=C\C/C=C\C/C=C\C/C=C\C/C=C\CCCCCC(=O)OC(CCCC/C=C/C/C=C/C/C=C/CC)CC(=O)NC(CO)C(O)CCCCCCCCCCCC. The summed E-state index contributed by atoms with van der Waals surface area (Å²) in [7, 11) is 0. The van der Waals surface area contributed by atoms with Gasteiger partial charge in [0.15, 0.2) is 0 Å². The van der Waals surface area contributed by atoms with E-state index >= 15 is 0 Å². The molecule has 0 radical (unpaired) electrons. The molecule has 3 atom stereocenters. The fourth-order valence-electron chi connectivity index (χ4n) is 6.76. The molecule has 0 saturated heterocycles. The Hall–Kier alpha value is -3.22. The van der Waals surface area contributed by atoms with E-state index in [4.69, 9.17) is 4.74 Å². The molecule has 0 aromatic heterocycles. The van der Waals surface area contributed by atoms with Crippen LogP contribution in [0.3, 0.4) is 0 Å². The molecule has 0 spiro atoms. The first-order chi connectivity index (χ1) is 29.5. The summed E-state index contributed by atoms with van der Waals surface area (Å²) in [6, 6.07) is -0.725. The van der Waals surface area contributed by atoms with Crippen LogP contribution >= 0.6 is 0 Å². The summed E-state index contributed by atoms with van der Waals surface area (Å²) >= 11 is 0. The van der Waals surface area contributed by atoms with Crippen LogP contribution in [-0.4, -0.2) is 46.9 Å². The molecule has 3 unspecified atom stereocenters. The zero-order valence-electron chi connectivity index (χ0n) is 38.8. The van der Waals surface area contributed by atoms with Gasteiger partial charge in [-0.2, -0.15) is 0 Å². The van der Waals surface area contributed by atoms with Gasteiger partial charge in [0, 0.05) is 6.42 Å². The molecule has 0 fully saturated rings. The predicted molar refractivity (Wildman–Crippen MR) is 259 cm³/mol. The van der Waals surface area contributed by atoms with E-state index in [0.29, 0.717) is 19.3 Å². The molecule has 0 aromatic carbocycles. The Balaban J connectivity index is 4.68. The maximum absolute atomic E-state index is 13.1. The number of ether oxygens (including phenoxy) is 1. The second-order valence-corrected chi connectivity index (χ2v) is 16.1. The number of nitrogens with one attached hydrogen (secondary N) is 1. The number of aliphatic hydroxyl groups excluding tert-OH is 2.